The van der Waals surface area contributed by atoms with Crippen LogP contribution in [0.15, 0.2) is 18.2 Å². The van der Waals surface area contributed by atoms with Gasteiger partial charge in [-0.1, -0.05) is 24.6 Å². The van der Waals surface area contributed by atoms with Crippen molar-refractivity contribution in [1.82, 2.24) is 4.90 Å². The number of hydrogen-bond donors (Lipinski definition) is 1. The SMILES string of the molecule is CCC(C)(C(O)c1ccc(Cl)c(OC)c1)N1CCOCC1. The molecule has 0 bridgehead atoms. The van der Waals surface area contributed by atoms with Crippen molar-refractivity contribution in [2.45, 2.75) is 31.9 Å². The summed E-state index contributed by atoms with van der Waals surface area (Å²) in [4.78, 5) is 2.31. The lowest BCUT2D eigenvalue weighted by molar-refractivity contribution is -0.0734. The number of methoxy groups -OCH3 is 1. The summed E-state index contributed by atoms with van der Waals surface area (Å²) in [5, 5.41) is 11.5. The van der Waals surface area contributed by atoms with Crippen LogP contribution in [0.2, 0.25) is 5.02 Å². The molecular weight excluding hydrogens is 290 g/mol. The van der Waals surface area contributed by atoms with Gasteiger partial charge in [-0.2, -0.15) is 0 Å². The van der Waals surface area contributed by atoms with Crippen LogP contribution in [0.3, 0.4) is 0 Å². The van der Waals surface area contributed by atoms with Gasteiger partial charge in [0.15, 0.2) is 0 Å². The van der Waals surface area contributed by atoms with Crippen molar-refractivity contribution >= 4 is 11.6 Å². The van der Waals surface area contributed by atoms with Crippen LogP contribution in [0.1, 0.15) is 31.9 Å². The van der Waals surface area contributed by atoms with Crippen molar-refractivity contribution < 1.29 is 14.6 Å². The number of aliphatic hydroxyl groups excluding tert-OH is 1. The molecule has 118 valence electrons. The molecule has 2 atom stereocenters. The smallest absolute Gasteiger partial charge is 0.137 e. The number of nitrogens with zero attached hydrogens (tertiary/aromatic N) is 1. The van der Waals surface area contributed by atoms with E-state index in [1.54, 1.807) is 13.2 Å². The zero-order valence-electron chi connectivity index (χ0n) is 12.9. The molecule has 2 unspecified atom stereocenters. The predicted molar refractivity (Wildman–Crippen MR) is 84.1 cm³/mol. The van der Waals surface area contributed by atoms with Crippen LogP contribution in [-0.4, -0.2) is 49.0 Å². The zero-order valence-corrected chi connectivity index (χ0v) is 13.7. The monoisotopic (exact) mass is 313 g/mol. The van der Waals surface area contributed by atoms with Crippen molar-refractivity contribution in [3.05, 3.63) is 28.8 Å². The highest BCUT2D eigenvalue weighted by molar-refractivity contribution is 6.32. The van der Waals surface area contributed by atoms with E-state index in [1.807, 2.05) is 12.1 Å². The third-order valence-electron chi connectivity index (χ3n) is 4.53. The van der Waals surface area contributed by atoms with Crippen LogP contribution in [0.4, 0.5) is 0 Å². The normalized spacial score (nSPS) is 20.8. The van der Waals surface area contributed by atoms with E-state index in [0.717, 1.165) is 25.1 Å². The second-order valence-corrected chi connectivity index (χ2v) is 6.01. The van der Waals surface area contributed by atoms with Crippen molar-refractivity contribution in [2.24, 2.45) is 0 Å². The van der Waals surface area contributed by atoms with Crippen molar-refractivity contribution in [1.29, 1.82) is 0 Å². The Morgan fingerprint density at radius 3 is 2.67 bits per heavy atom. The number of rotatable bonds is 5. The molecule has 0 saturated carbocycles. The fraction of sp³-hybridized carbons (Fsp3) is 0.625. The van der Waals surface area contributed by atoms with Crippen LogP contribution in [0.25, 0.3) is 0 Å². The average Bonchev–Trinajstić information content (AvgIpc) is 2.54. The number of benzene rings is 1. The Kier molecular flexibility index (Phi) is 5.49. The summed E-state index contributed by atoms with van der Waals surface area (Å²) >= 11 is 6.06. The topological polar surface area (TPSA) is 41.9 Å². The number of hydrogen-bond acceptors (Lipinski definition) is 4. The third kappa shape index (κ3) is 3.34. The molecule has 4 nitrogen and oxygen atoms in total. The highest BCUT2D eigenvalue weighted by atomic mass is 35.5. The molecular formula is C16H24ClNO3. The van der Waals surface area contributed by atoms with Gasteiger partial charge in [-0.15, -0.1) is 0 Å². The highest BCUT2D eigenvalue weighted by Crippen LogP contribution is 2.37. The molecule has 1 aromatic rings. The van der Waals surface area contributed by atoms with Gasteiger partial charge in [0, 0.05) is 18.6 Å². The Morgan fingerprint density at radius 2 is 2.10 bits per heavy atom. The summed E-state index contributed by atoms with van der Waals surface area (Å²) in [5.41, 5.74) is 0.495. The van der Waals surface area contributed by atoms with E-state index in [9.17, 15) is 5.11 Å². The van der Waals surface area contributed by atoms with Gasteiger partial charge < -0.3 is 14.6 Å². The fourth-order valence-electron chi connectivity index (χ4n) is 2.87. The van der Waals surface area contributed by atoms with Crippen molar-refractivity contribution in [3.63, 3.8) is 0 Å². The summed E-state index contributed by atoms with van der Waals surface area (Å²) in [6.07, 6.45) is 0.241. The molecule has 1 aromatic carbocycles. The van der Waals surface area contributed by atoms with Gasteiger partial charge in [-0.05, 0) is 31.0 Å². The lowest BCUT2D eigenvalue weighted by Crippen LogP contribution is -2.54. The van der Waals surface area contributed by atoms with Crippen molar-refractivity contribution in [2.75, 3.05) is 33.4 Å². The molecule has 1 N–H and O–H groups in total. The zero-order chi connectivity index (χ0) is 15.5. The first-order valence-electron chi connectivity index (χ1n) is 7.37. The van der Waals surface area contributed by atoms with E-state index in [1.165, 1.54) is 0 Å². The molecule has 1 heterocycles. The molecule has 0 aromatic heterocycles. The summed E-state index contributed by atoms with van der Waals surface area (Å²) in [6.45, 7) is 7.31. The molecule has 2 rings (SSSR count). The van der Waals surface area contributed by atoms with Gasteiger partial charge in [-0.25, -0.2) is 0 Å². The largest absolute Gasteiger partial charge is 0.495 e. The van der Waals surface area contributed by atoms with E-state index < -0.39 is 6.10 Å². The van der Waals surface area contributed by atoms with Crippen LogP contribution < -0.4 is 4.74 Å². The lowest BCUT2D eigenvalue weighted by Gasteiger charge is -2.46. The van der Waals surface area contributed by atoms with Crippen LogP contribution in [0.5, 0.6) is 5.75 Å². The Labute approximate surface area is 131 Å². The van der Waals surface area contributed by atoms with Gasteiger partial charge in [0.25, 0.3) is 0 Å². The summed E-state index contributed by atoms with van der Waals surface area (Å²) in [5.74, 6) is 0.591. The average molecular weight is 314 g/mol. The predicted octanol–water partition coefficient (Wildman–Crippen LogP) is 2.88. The van der Waals surface area contributed by atoms with E-state index in [0.29, 0.717) is 24.0 Å². The minimum atomic E-state index is -0.605. The second-order valence-electron chi connectivity index (χ2n) is 5.61. The maximum absolute atomic E-state index is 10.9. The second kappa shape index (κ2) is 6.97. The Balaban J connectivity index is 2.28. The maximum atomic E-state index is 10.9. The minimum absolute atomic E-state index is 0.331. The molecule has 1 aliphatic rings. The quantitative estimate of drug-likeness (QED) is 0.907. The maximum Gasteiger partial charge on any atom is 0.137 e. The van der Waals surface area contributed by atoms with Gasteiger partial charge in [-0.3, -0.25) is 4.90 Å². The van der Waals surface area contributed by atoms with Crippen LogP contribution in [0, 0.1) is 0 Å². The third-order valence-corrected chi connectivity index (χ3v) is 4.84. The Morgan fingerprint density at radius 1 is 1.43 bits per heavy atom. The molecule has 1 fully saturated rings. The summed E-state index contributed by atoms with van der Waals surface area (Å²) in [7, 11) is 1.58. The van der Waals surface area contributed by atoms with E-state index in [2.05, 4.69) is 18.7 Å². The Bertz CT molecular complexity index is 477. The molecule has 5 heteroatoms. The van der Waals surface area contributed by atoms with E-state index >= 15 is 0 Å². The molecule has 21 heavy (non-hydrogen) atoms. The molecule has 0 aliphatic carbocycles. The molecule has 1 aliphatic heterocycles. The first-order chi connectivity index (χ1) is 10.0. The van der Waals surface area contributed by atoms with Gasteiger partial charge in [0.2, 0.25) is 0 Å². The van der Waals surface area contributed by atoms with Crippen LogP contribution >= 0.6 is 11.6 Å². The standard InChI is InChI=1S/C16H24ClNO3/c1-4-16(2,18-7-9-21-10-8-18)15(19)12-5-6-13(17)14(11-12)20-3/h5-6,11,15,19H,4,7-10H2,1-3H3. The molecule has 1 saturated heterocycles. The molecule has 0 amide bonds. The van der Waals surface area contributed by atoms with E-state index in [4.69, 9.17) is 21.1 Å². The summed E-state index contributed by atoms with van der Waals surface area (Å²) in [6, 6.07) is 5.46. The van der Waals surface area contributed by atoms with Gasteiger partial charge in [0.1, 0.15) is 5.75 Å². The Hall–Kier alpha value is -0.810. The number of morpholine rings is 1. The number of aliphatic hydroxyl groups is 1. The minimum Gasteiger partial charge on any atom is -0.495 e. The fourth-order valence-corrected chi connectivity index (χ4v) is 3.06. The van der Waals surface area contributed by atoms with E-state index in [-0.39, 0.29) is 5.54 Å². The first-order valence-corrected chi connectivity index (χ1v) is 7.75. The molecule has 0 spiro atoms. The highest BCUT2D eigenvalue weighted by Gasteiger charge is 2.39. The van der Waals surface area contributed by atoms with Crippen LogP contribution in [-0.2, 0) is 4.74 Å². The van der Waals surface area contributed by atoms with Gasteiger partial charge in [0.05, 0.1) is 31.5 Å². The summed E-state index contributed by atoms with van der Waals surface area (Å²) < 4.78 is 10.7. The lowest BCUT2D eigenvalue weighted by atomic mass is 9.84. The molecule has 0 radical (unpaired) electrons. The number of ether oxygens (including phenoxy) is 2. The number of halogens is 1. The van der Waals surface area contributed by atoms with Crippen molar-refractivity contribution in [3.8, 4) is 5.75 Å². The van der Waals surface area contributed by atoms with Gasteiger partial charge >= 0.3 is 0 Å². The first kappa shape index (κ1) is 16.6.